The second-order valence-electron chi connectivity index (χ2n) is 12.4. The number of fused-ring (bicyclic) bond motifs is 1. The van der Waals surface area contributed by atoms with E-state index in [1.165, 1.54) is 12.1 Å². The summed E-state index contributed by atoms with van der Waals surface area (Å²) in [6.45, 7) is 3.14. The molecule has 3 nitrogen and oxygen atoms in total. The minimum atomic E-state index is -5.65. The van der Waals surface area contributed by atoms with E-state index in [1.54, 1.807) is 12.1 Å². The number of para-hydroxylation sites is 1. The molecule has 1 atom stereocenters. The van der Waals surface area contributed by atoms with Gasteiger partial charge in [-0.2, -0.15) is 22.0 Å². The Bertz CT molecular complexity index is 1570. The molecular formula is C37H42F7NO2S. The Morgan fingerprint density at radius 2 is 1.50 bits per heavy atom. The highest BCUT2D eigenvalue weighted by molar-refractivity contribution is 7.84. The van der Waals surface area contributed by atoms with E-state index in [0.717, 1.165) is 78.1 Å². The van der Waals surface area contributed by atoms with Crippen molar-refractivity contribution in [2.75, 3.05) is 29.5 Å². The van der Waals surface area contributed by atoms with E-state index in [0.29, 0.717) is 37.9 Å². The quantitative estimate of drug-likeness (QED) is 0.120. The molecule has 0 saturated heterocycles. The van der Waals surface area contributed by atoms with Crippen LogP contribution >= 0.6 is 0 Å². The maximum atomic E-state index is 14.2. The van der Waals surface area contributed by atoms with Gasteiger partial charge < -0.3 is 10.0 Å². The summed E-state index contributed by atoms with van der Waals surface area (Å²) in [5.74, 6) is -6.61. The minimum absolute atomic E-state index is 0.0300. The van der Waals surface area contributed by atoms with E-state index >= 15 is 0 Å². The first-order chi connectivity index (χ1) is 22.7. The molecule has 0 heterocycles. The van der Waals surface area contributed by atoms with Gasteiger partial charge in [0.1, 0.15) is 17.4 Å². The maximum Gasteiger partial charge on any atom is 0.453 e. The molecular weight excluding hydrogens is 655 g/mol. The van der Waals surface area contributed by atoms with E-state index in [2.05, 4.69) is 4.90 Å². The number of aromatic hydroxyl groups is 1. The summed E-state index contributed by atoms with van der Waals surface area (Å²) in [7, 11) is -1.80. The van der Waals surface area contributed by atoms with Gasteiger partial charge in [-0.15, -0.1) is 0 Å². The Morgan fingerprint density at radius 3 is 2.21 bits per heavy atom. The van der Waals surface area contributed by atoms with Crippen LogP contribution in [0.5, 0.6) is 5.75 Å². The average molecular weight is 698 g/mol. The van der Waals surface area contributed by atoms with Gasteiger partial charge in [-0.1, -0.05) is 37.1 Å². The number of hydrogen-bond acceptors (Lipinski definition) is 3. The van der Waals surface area contributed by atoms with Crippen LogP contribution in [0.25, 0.3) is 11.1 Å². The minimum Gasteiger partial charge on any atom is -0.508 e. The normalized spacial score (nSPS) is 14.5. The van der Waals surface area contributed by atoms with Gasteiger partial charge in [-0.25, -0.2) is 8.78 Å². The number of alkyl halides is 5. The Balaban J connectivity index is 1.36. The second-order valence-corrected chi connectivity index (χ2v) is 14.1. The summed E-state index contributed by atoms with van der Waals surface area (Å²) < 4.78 is 105. The van der Waals surface area contributed by atoms with Crippen molar-refractivity contribution >= 4 is 27.6 Å². The smallest absolute Gasteiger partial charge is 0.453 e. The lowest BCUT2D eigenvalue weighted by Crippen LogP contribution is -2.37. The van der Waals surface area contributed by atoms with Gasteiger partial charge in [0.25, 0.3) is 0 Å². The zero-order valence-corrected chi connectivity index (χ0v) is 27.8. The third-order valence-electron chi connectivity index (χ3n) is 8.78. The number of hydrogen-bond donors (Lipinski definition) is 1. The molecule has 0 radical (unpaired) electrons. The lowest BCUT2D eigenvalue weighted by atomic mass is 9.89. The van der Waals surface area contributed by atoms with Crippen molar-refractivity contribution < 1.29 is 40.0 Å². The Kier molecular flexibility index (Phi) is 13.2. The average Bonchev–Trinajstić information content (AvgIpc) is 3.19. The van der Waals surface area contributed by atoms with E-state index in [4.69, 9.17) is 0 Å². The van der Waals surface area contributed by atoms with Crippen molar-refractivity contribution in [3.63, 3.8) is 0 Å². The zero-order chi connectivity index (χ0) is 34.9. The van der Waals surface area contributed by atoms with Crippen molar-refractivity contribution in [3.05, 3.63) is 94.6 Å². The van der Waals surface area contributed by atoms with Gasteiger partial charge in [-0.05, 0) is 116 Å². The lowest BCUT2D eigenvalue weighted by molar-refractivity contribution is -0.282. The highest BCUT2D eigenvalue weighted by Crippen LogP contribution is 2.40. The Morgan fingerprint density at radius 1 is 0.812 bits per heavy atom. The third kappa shape index (κ3) is 10.3. The van der Waals surface area contributed by atoms with Crippen molar-refractivity contribution in [2.45, 2.75) is 83.2 Å². The summed E-state index contributed by atoms with van der Waals surface area (Å²) in [6, 6.07) is 16.7. The molecule has 0 aliphatic heterocycles. The molecule has 11 heteroatoms. The predicted molar refractivity (Wildman–Crippen MR) is 179 cm³/mol. The molecule has 0 bridgehead atoms. The van der Waals surface area contributed by atoms with Crippen molar-refractivity contribution in [3.8, 4) is 5.75 Å². The Labute approximate surface area is 280 Å². The van der Waals surface area contributed by atoms with Crippen LogP contribution in [-0.4, -0.2) is 46.0 Å². The summed E-state index contributed by atoms with van der Waals surface area (Å²) in [6.07, 6.45) is -0.414. The van der Waals surface area contributed by atoms with E-state index < -0.39 is 46.7 Å². The van der Waals surface area contributed by atoms with Crippen molar-refractivity contribution in [1.82, 2.24) is 0 Å². The number of benzene rings is 3. The van der Waals surface area contributed by atoms with Gasteiger partial charge in [0.05, 0.1) is 0 Å². The first-order valence-electron chi connectivity index (χ1n) is 16.4. The highest BCUT2D eigenvalue weighted by Gasteiger charge is 2.56. The molecule has 0 spiro atoms. The number of phenols is 1. The fourth-order valence-electron chi connectivity index (χ4n) is 6.31. The number of rotatable bonds is 16. The van der Waals surface area contributed by atoms with Crippen LogP contribution in [0.15, 0.2) is 60.7 Å². The first-order valence-corrected chi connectivity index (χ1v) is 17.8. The molecule has 0 saturated carbocycles. The highest BCUT2D eigenvalue weighted by atomic mass is 32.2. The molecule has 3 aromatic rings. The third-order valence-corrected chi connectivity index (χ3v) is 10.2. The topological polar surface area (TPSA) is 40.5 Å². The van der Waals surface area contributed by atoms with E-state index in [-0.39, 0.29) is 11.5 Å². The maximum absolute atomic E-state index is 14.2. The standard InChI is InChI=1S/C37H42F7NO2S/c1-26-10-5-6-14-35(26)45(19-9-20-48(47)21-17-36(40,41)37(42,43)44)18-7-3-2-4-12-34-32(28-22-29(38)25-30(39)23-28)13-8-11-27-24-31(46)15-16-33(27)34/h5-6,10,14-16,22-25,46H,2-4,7-9,11-13,17-21H2,1H3. The SMILES string of the molecule is Cc1ccccc1N(CCCCCCC1=C(c2cc(F)cc(F)c2)CCCc2cc(O)ccc21)CCCS(=O)CCC(F)(F)C(F)(F)F. The van der Waals surface area contributed by atoms with Gasteiger partial charge in [-0.3, -0.25) is 4.21 Å². The number of anilines is 1. The van der Waals surface area contributed by atoms with Gasteiger partial charge in [0.2, 0.25) is 0 Å². The van der Waals surface area contributed by atoms with E-state index in [9.17, 15) is 40.0 Å². The van der Waals surface area contributed by atoms with Crippen LogP contribution in [0.2, 0.25) is 0 Å². The molecule has 3 aromatic carbocycles. The largest absolute Gasteiger partial charge is 0.508 e. The number of unbranched alkanes of at least 4 members (excludes halogenated alkanes) is 3. The number of nitrogens with zero attached hydrogens (tertiary/aromatic N) is 1. The lowest BCUT2D eigenvalue weighted by Gasteiger charge is -2.27. The van der Waals surface area contributed by atoms with E-state index in [1.807, 2.05) is 37.3 Å². The van der Waals surface area contributed by atoms with Crippen LogP contribution in [0.1, 0.15) is 80.0 Å². The molecule has 1 aliphatic rings. The molecule has 1 N–H and O–H groups in total. The molecule has 1 aliphatic carbocycles. The fourth-order valence-corrected chi connectivity index (χ4v) is 7.45. The van der Waals surface area contributed by atoms with Crippen LogP contribution < -0.4 is 4.90 Å². The zero-order valence-electron chi connectivity index (χ0n) is 27.0. The molecule has 0 amide bonds. The van der Waals surface area contributed by atoms with Gasteiger partial charge in [0.15, 0.2) is 0 Å². The van der Waals surface area contributed by atoms with Crippen LogP contribution in [0, 0.1) is 18.6 Å². The second kappa shape index (κ2) is 16.9. The van der Waals surface area contributed by atoms with Crippen LogP contribution in [-0.2, 0) is 17.2 Å². The Hall–Kier alpha value is -3.34. The number of aryl methyl sites for hydroxylation is 2. The molecule has 0 aromatic heterocycles. The fraction of sp³-hybridized carbons (Fsp3) is 0.459. The first kappa shape index (κ1) is 37.5. The van der Waals surface area contributed by atoms with Crippen molar-refractivity contribution in [2.24, 2.45) is 0 Å². The van der Waals surface area contributed by atoms with Crippen LogP contribution in [0.4, 0.5) is 36.4 Å². The summed E-state index contributed by atoms with van der Waals surface area (Å²) in [4.78, 5) is 2.14. The summed E-state index contributed by atoms with van der Waals surface area (Å²) >= 11 is 0. The summed E-state index contributed by atoms with van der Waals surface area (Å²) in [5.41, 5.74) is 6.53. The van der Waals surface area contributed by atoms with Crippen molar-refractivity contribution in [1.29, 1.82) is 0 Å². The predicted octanol–water partition coefficient (Wildman–Crippen LogP) is 10.4. The van der Waals surface area contributed by atoms with Gasteiger partial charge >= 0.3 is 12.1 Å². The number of halogens is 7. The monoisotopic (exact) mass is 697 g/mol. The molecule has 0 fully saturated rings. The number of allylic oxidation sites excluding steroid dienone is 2. The molecule has 4 rings (SSSR count). The van der Waals surface area contributed by atoms with Crippen LogP contribution in [0.3, 0.4) is 0 Å². The number of phenolic OH excluding ortho intramolecular Hbond substituents is 1. The van der Waals surface area contributed by atoms with Gasteiger partial charge in [0, 0.05) is 53.6 Å². The molecule has 48 heavy (non-hydrogen) atoms. The molecule has 1 unspecified atom stereocenters. The summed E-state index contributed by atoms with van der Waals surface area (Å²) in [5, 5.41) is 10.1. The molecule has 262 valence electrons.